The number of hydrogen-bond acceptors (Lipinski definition) is 4. The van der Waals surface area contributed by atoms with Gasteiger partial charge in [0, 0.05) is 35.1 Å². The van der Waals surface area contributed by atoms with Crippen molar-refractivity contribution in [2.24, 2.45) is 0 Å². The summed E-state index contributed by atoms with van der Waals surface area (Å²) < 4.78 is 0. The molecule has 1 aliphatic rings. The lowest BCUT2D eigenvalue weighted by molar-refractivity contribution is -0.134. The summed E-state index contributed by atoms with van der Waals surface area (Å²) in [6, 6.07) is 15.1. The molecule has 2 N–H and O–H groups in total. The number of nitrogens with zero attached hydrogens (tertiary/aromatic N) is 2. The van der Waals surface area contributed by atoms with Crippen LogP contribution in [0.1, 0.15) is 17.5 Å². The average molecular weight is 431 g/mol. The highest BCUT2D eigenvalue weighted by atomic mass is 35.5. The van der Waals surface area contributed by atoms with E-state index < -0.39 is 11.9 Å². The van der Waals surface area contributed by atoms with Gasteiger partial charge in [0.05, 0.1) is 0 Å². The summed E-state index contributed by atoms with van der Waals surface area (Å²) in [4.78, 5) is 23.8. The monoisotopic (exact) mass is 430 g/mol. The van der Waals surface area contributed by atoms with Crippen molar-refractivity contribution < 1.29 is 19.8 Å². The van der Waals surface area contributed by atoms with Gasteiger partial charge in [0.25, 0.3) is 0 Å². The minimum atomic E-state index is -1.26. The number of carbonyl (C=O) groups is 2. The Hall–Kier alpha value is -2.83. The van der Waals surface area contributed by atoms with E-state index in [1.54, 1.807) is 0 Å². The molecule has 0 fully saturated rings. The number of rotatable bonds is 6. The van der Waals surface area contributed by atoms with E-state index in [1.807, 2.05) is 6.07 Å². The van der Waals surface area contributed by atoms with Gasteiger partial charge in [-0.15, -0.1) is 0 Å². The molecule has 6 nitrogen and oxygen atoms in total. The summed E-state index contributed by atoms with van der Waals surface area (Å²) in [6.07, 6.45) is 4.42. The maximum Gasteiger partial charge on any atom is 0.328 e. The number of benzene rings is 2. The first-order valence-electron chi connectivity index (χ1n) is 9.70. The van der Waals surface area contributed by atoms with E-state index in [4.69, 9.17) is 21.8 Å². The molecule has 30 heavy (non-hydrogen) atoms. The summed E-state index contributed by atoms with van der Waals surface area (Å²) in [7, 11) is 4.25. The van der Waals surface area contributed by atoms with Crippen LogP contribution in [0.15, 0.2) is 54.6 Å². The summed E-state index contributed by atoms with van der Waals surface area (Å²) in [6.45, 7) is 2.11. The number of hydrogen-bond donors (Lipinski definition) is 2. The van der Waals surface area contributed by atoms with Crippen LogP contribution >= 0.6 is 11.6 Å². The Morgan fingerprint density at radius 3 is 2.20 bits per heavy atom. The highest BCUT2D eigenvalue weighted by molar-refractivity contribution is 6.30. The van der Waals surface area contributed by atoms with E-state index in [9.17, 15) is 9.59 Å². The summed E-state index contributed by atoms with van der Waals surface area (Å²) in [5, 5.41) is 16.4. The number of aliphatic carboxylic acids is 2. The van der Waals surface area contributed by atoms with Crippen LogP contribution in [0, 0.1) is 0 Å². The van der Waals surface area contributed by atoms with Crippen LogP contribution in [0.4, 0.5) is 11.4 Å². The van der Waals surface area contributed by atoms with E-state index in [2.05, 4.69) is 60.3 Å². The normalized spacial score (nSPS) is 12.6. The summed E-state index contributed by atoms with van der Waals surface area (Å²) in [5.74, 6) is -2.51. The molecule has 0 unspecified atom stereocenters. The fraction of sp³-hybridized carbons (Fsp3) is 0.304. The Bertz CT molecular complexity index is 896. The standard InChI is InChI=1S/C19H23ClN2.C4H4O4/c1-21(2)12-5-13-22-18-7-4-3-6-15(18)8-9-16-10-11-17(20)14-19(16)22;5-3(6)1-2-4(7)8/h3-4,6-7,10-11,14H,5,8-9,12-13H2,1-2H3;1-2H,(H,5,6)(H,7,8)/b;2-1-. The molecule has 2 aromatic carbocycles. The molecule has 0 radical (unpaired) electrons. The molecular formula is C23H27ClN2O4. The number of anilines is 2. The second-order valence-corrected chi connectivity index (χ2v) is 7.66. The zero-order valence-electron chi connectivity index (χ0n) is 17.2. The van der Waals surface area contributed by atoms with E-state index >= 15 is 0 Å². The minimum Gasteiger partial charge on any atom is -0.478 e. The lowest BCUT2D eigenvalue weighted by Crippen LogP contribution is -2.24. The van der Waals surface area contributed by atoms with Crippen LogP contribution in [0.3, 0.4) is 0 Å². The number of carboxylic acid groups (broad SMARTS) is 2. The zero-order chi connectivity index (χ0) is 22.1. The molecule has 160 valence electrons. The van der Waals surface area contributed by atoms with Crippen LogP contribution in [0.2, 0.25) is 5.02 Å². The molecule has 3 rings (SSSR count). The Labute approximate surface area is 182 Å². The first-order chi connectivity index (χ1) is 14.3. The molecule has 0 atom stereocenters. The van der Waals surface area contributed by atoms with Gasteiger partial charge in [-0.3, -0.25) is 0 Å². The lowest BCUT2D eigenvalue weighted by Gasteiger charge is -2.27. The number of para-hydroxylation sites is 1. The molecule has 0 aliphatic carbocycles. The van der Waals surface area contributed by atoms with Gasteiger partial charge in [-0.1, -0.05) is 35.9 Å². The van der Waals surface area contributed by atoms with Gasteiger partial charge in [-0.25, -0.2) is 9.59 Å². The van der Waals surface area contributed by atoms with Crippen LogP contribution < -0.4 is 4.90 Å². The number of aryl methyl sites for hydroxylation is 2. The fourth-order valence-corrected chi connectivity index (χ4v) is 3.48. The third-order valence-corrected chi connectivity index (χ3v) is 4.87. The maximum atomic E-state index is 9.55. The SMILES string of the molecule is CN(C)CCCN1c2ccccc2CCc2ccc(Cl)cc21.O=C(O)/C=C\C(=O)O. The lowest BCUT2D eigenvalue weighted by atomic mass is 10.0. The van der Waals surface area contributed by atoms with Gasteiger partial charge in [0.2, 0.25) is 0 Å². The van der Waals surface area contributed by atoms with E-state index in [-0.39, 0.29) is 0 Å². The molecule has 2 aromatic rings. The van der Waals surface area contributed by atoms with Gasteiger partial charge < -0.3 is 20.0 Å². The van der Waals surface area contributed by atoms with E-state index in [0.29, 0.717) is 12.2 Å². The van der Waals surface area contributed by atoms with E-state index in [0.717, 1.165) is 37.4 Å². The first-order valence-corrected chi connectivity index (χ1v) is 10.1. The van der Waals surface area contributed by atoms with Crippen LogP contribution in [-0.4, -0.2) is 54.2 Å². The van der Waals surface area contributed by atoms with Gasteiger partial charge >= 0.3 is 11.9 Å². The molecule has 0 saturated carbocycles. The largest absolute Gasteiger partial charge is 0.478 e. The predicted octanol–water partition coefficient (Wildman–Crippen LogP) is 4.24. The topological polar surface area (TPSA) is 81.1 Å². The van der Waals surface area contributed by atoms with Gasteiger partial charge in [-0.05, 0) is 69.2 Å². The third kappa shape index (κ3) is 7.21. The van der Waals surface area contributed by atoms with E-state index in [1.165, 1.54) is 22.5 Å². The van der Waals surface area contributed by atoms with Gasteiger partial charge in [0.1, 0.15) is 0 Å². The second kappa shape index (κ2) is 11.4. The smallest absolute Gasteiger partial charge is 0.328 e. The Morgan fingerprint density at radius 1 is 1.00 bits per heavy atom. The first kappa shape index (κ1) is 23.4. The van der Waals surface area contributed by atoms with Crippen molar-refractivity contribution in [3.8, 4) is 0 Å². The highest BCUT2D eigenvalue weighted by Gasteiger charge is 2.20. The molecule has 1 heterocycles. The molecule has 0 amide bonds. The van der Waals surface area contributed by atoms with Crippen LogP contribution in [-0.2, 0) is 22.4 Å². The molecule has 0 aromatic heterocycles. The average Bonchev–Trinajstić information content (AvgIpc) is 2.84. The van der Waals surface area contributed by atoms with Crippen molar-refractivity contribution in [1.82, 2.24) is 4.90 Å². The Kier molecular flexibility index (Phi) is 8.89. The molecule has 7 heteroatoms. The number of fused-ring (bicyclic) bond motifs is 2. The third-order valence-electron chi connectivity index (χ3n) is 4.64. The van der Waals surface area contributed by atoms with Crippen molar-refractivity contribution >= 4 is 34.9 Å². The summed E-state index contributed by atoms with van der Waals surface area (Å²) in [5.41, 5.74) is 5.43. The van der Waals surface area contributed by atoms with Crippen molar-refractivity contribution in [2.75, 3.05) is 32.1 Å². The number of carboxylic acids is 2. The Balaban J connectivity index is 0.000000343. The quantitative estimate of drug-likeness (QED) is 0.667. The molecule has 0 saturated heterocycles. The van der Waals surface area contributed by atoms with Crippen molar-refractivity contribution in [2.45, 2.75) is 19.3 Å². The molecule has 0 bridgehead atoms. The molecule has 0 spiro atoms. The van der Waals surface area contributed by atoms with Crippen molar-refractivity contribution in [3.63, 3.8) is 0 Å². The van der Waals surface area contributed by atoms with Gasteiger partial charge in [-0.2, -0.15) is 0 Å². The summed E-state index contributed by atoms with van der Waals surface area (Å²) >= 11 is 6.27. The zero-order valence-corrected chi connectivity index (χ0v) is 18.0. The van der Waals surface area contributed by atoms with Crippen molar-refractivity contribution in [1.29, 1.82) is 0 Å². The molecular weight excluding hydrogens is 404 g/mol. The minimum absolute atomic E-state index is 0.558. The predicted molar refractivity (Wildman–Crippen MR) is 120 cm³/mol. The molecule has 1 aliphatic heterocycles. The van der Waals surface area contributed by atoms with Crippen LogP contribution in [0.25, 0.3) is 0 Å². The highest BCUT2D eigenvalue weighted by Crippen LogP contribution is 2.37. The fourth-order valence-electron chi connectivity index (χ4n) is 3.31. The van der Waals surface area contributed by atoms with Crippen molar-refractivity contribution in [3.05, 3.63) is 70.8 Å². The maximum absolute atomic E-state index is 9.55. The second-order valence-electron chi connectivity index (χ2n) is 7.22. The van der Waals surface area contributed by atoms with Crippen LogP contribution in [0.5, 0.6) is 0 Å². The van der Waals surface area contributed by atoms with Gasteiger partial charge in [0.15, 0.2) is 0 Å². The Morgan fingerprint density at radius 2 is 1.60 bits per heavy atom. The number of halogens is 1.